The van der Waals surface area contributed by atoms with Crippen LogP contribution in [0.25, 0.3) is 22.6 Å². The zero-order valence-corrected chi connectivity index (χ0v) is 15.3. The third kappa shape index (κ3) is 4.06. The minimum absolute atomic E-state index is 0.329. The van der Waals surface area contributed by atoms with Gasteiger partial charge in [0.1, 0.15) is 10.9 Å². The Morgan fingerprint density at radius 2 is 1.72 bits per heavy atom. The fourth-order valence-corrected chi connectivity index (χ4v) is 3.06. The fourth-order valence-electron chi connectivity index (χ4n) is 2.26. The summed E-state index contributed by atoms with van der Waals surface area (Å²) in [6, 6.07) is 15.2. The van der Waals surface area contributed by atoms with Crippen molar-refractivity contribution < 1.29 is 14.3 Å². The predicted molar refractivity (Wildman–Crippen MR) is 100 cm³/mol. The molecule has 3 aromatic rings. The van der Waals surface area contributed by atoms with Gasteiger partial charge in [-0.15, -0.1) is 0 Å². The monoisotopic (exact) mass is 373 g/mol. The third-order valence-corrected chi connectivity index (χ3v) is 4.85. The van der Waals surface area contributed by atoms with Gasteiger partial charge in [0.15, 0.2) is 5.76 Å². The molecular weight excluding hydrogens is 358 g/mol. The lowest BCUT2D eigenvalue weighted by molar-refractivity contribution is -0.136. The number of nitrogens with zero attached hydrogens (tertiary/aromatic N) is 1. The van der Waals surface area contributed by atoms with E-state index in [1.54, 1.807) is 19.1 Å². The molecule has 3 rings (SSSR count). The lowest BCUT2D eigenvalue weighted by Gasteiger charge is -2.02. The number of aromatic nitrogens is 1. The molecule has 0 amide bonds. The van der Waals surface area contributed by atoms with Gasteiger partial charge in [0.05, 0.1) is 0 Å². The smallest absolute Gasteiger partial charge is 0.316 e. The van der Waals surface area contributed by atoms with E-state index in [9.17, 15) is 4.79 Å². The van der Waals surface area contributed by atoms with Crippen LogP contribution in [-0.4, -0.2) is 21.3 Å². The molecule has 0 spiro atoms. The van der Waals surface area contributed by atoms with E-state index in [2.05, 4.69) is 4.98 Å². The maximum Gasteiger partial charge on any atom is 0.316 e. The van der Waals surface area contributed by atoms with E-state index in [1.807, 2.05) is 43.3 Å². The Morgan fingerprint density at radius 1 is 1.12 bits per heavy atom. The Labute approximate surface area is 154 Å². The first-order valence-electron chi connectivity index (χ1n) is 7.67. The zero-order chi connectivity index (χ0) is 18.0. The number of thioether (sulfide) groups is 1. The normalized spacial score (nSPS) is 12.1. The minimum atomic E-state index is -0.909. The Kier molecular flexibility index (Phi) is 5.16. The van der Waals surface area contributed by atoms with Crippen molar-refractivity contribution >= 4 is 29.3 Å². The van der Waals surface area contributed by atoms with E-state index >= 15 is 0 Å². The van der Waals surface area contributed by atoms with Gasteiger partial charge in [0.25, 0.3) is 5.22 Å². The van der Waals surface area contributed by atoms with Crippen LogP contribution in [0.1, 0.15) is 12.5 Å². The van der Waals surface area contributed by atoms with E-state index < -0.39 is 11.2 Å². The number of halogens is 1. The number of rotatable bonds is 5. The molecule has 0 saturated heterocycles. The minimum Gasteiger partial charge on any atom is -0.480 e. The summed E-state index contributed by atoms with van der Waals surface area (Å²) in [6.07, 6.45) is 0. The largest absolute Gasteiger partial charge is 0.480 e. The highest BCUT2D eigenvalue weighted by Gasteiger charge is 2.21. The number of carboxylic acid groups (broad SMARTS) is 1. The lowest BCUT2D eigenvalue weighted by Crippen LogP contribution is -2.10. The van der Waals surface area contributed by atoms with Crippen molar-refractivity contribution in [1.29, 1.82) is 0 Å². The van der Waals surface area contributed by atoms with E-state index in [0.717, 1.165) is 28.5 Å². The molecule has 25 heavy (non-hydrogen) atoms. The average molecular weight is 374 g/mol. The molecule has 1 aromatic heterocycles. The van der Waals surface area contributed by atoms with E-state index in [0.29, 0.717) is 21.7 Å². The van der Waals surface area contributed by atoms with Crippen LogP contribution in [0, 0.1) is 6.92 Å². The van der Waals surface area contributed by atoms with Gasteiger partial charge >= 0.3 is 5.97 Å². The highest BCUT2D eigenvalue weighted by molar-refractivity contribution is 8.00. The fraction of sp³-hybridized carbons (Fsp3) is 0.158. The summed E-state index contributed by atoms with van der Waals surface area (Å²) in [4.78, 5) is 15.6. The highest BCUT2D eigenvalue weighted by atomic mass is 35.5. The second-order valence-electron chi connectivity index (χ2n) is 5.63. The standard InChI is InChI=1S/C19H16ClNO3S/c1-11-3-5-13(6-4-11)16-17(14-7-9-15(20)10-8-14)24-19(21-16)25-12(2)18(22)23/h3-10,12H,1-2H3,(H,22,23). The zero-order valence-electron chi connectivity index (χ0n) is 13.7. The first kappa shape index (κ1) is 17.6. The second kappa shape index (κ2) is 7.33. The van der Waals surface area contributed by atoms with Crippen LogP contribution >= 0.6 is 23.4 Å². The molecular formula is C19H16ClNO3S. The summed E-state index contributed by atoms with van der Waals surface area (Å²) in [7, 11) is 0. The van der Waals surface area contributed by atoms with Gasteiger partial charge < -0.3 is 9.52 Å². The van der Waals surface area contributed by atoms with Crippen molar-refractivity contribution in [2.45, 2.75) is 24.3 Å². The average Bonchev–Trinajstić information content (AvgIpc) is 3.00. The van der Waals surface area contributed by atoms with Crippen molar-refractivity contribution in [2.75, 3.05) is 0 Å². The third-order valence-electron chi connectivity index (χ3n) is 3.66. The van der Waals surface area contributed by atoms with Crippen molar-refractivity contribution in [3.8, 4) is 22.6 Å². The number of aryl methyl sites for hydroxylation is 1. The molecule has 6 heteroatoms. The van der Waals surface area contributed by atoms with Crippen LogP contribution in [0.3, 0.4) is 0 Å². The maximum absolute atomic E-state index is 11.1. The van der Waals surface area contributed by atoms with Crippen LogP contribution in [0.15, 0.2) is 58.2 Å². The molecule has 0 saturated carbocycles. The molecule has 1 atom stereocenters. The number of carbonyl (C=O) groups is 1. The first-order valence-corrected chi connectivity index (χ1v) is 8.93. The van der Waals surface area contributed by atoms with Crippen molar-refractivity contribution in [1.82, 2.24) is 4.98 Å². The molecule has 0 fully saturated rings. The summed E-state index contributed by atoms with van der Waals surface area (Å²) in [6.45, 7) is 3.62. The van der Waals surface area contributed by atoms with Gasteiger partial charge in [-0.2, -0.15) is 0 Å². The van der Waals surface area contributed by atoms with E-state index in [1.165, 1.54) is 0 Å². The number of carboxylic acids is 1. The summed E-state index contributed by atoms with van der Waals surface area (Å²) >= 11 is 7.05. The van der Waals surface area contributed by atoms with Crippen LogP contribution in [0.2, 0.25) is 5.02 Å². The summed E-state index contributed by atoms with van der Waals surface area (Å²) in [5, 5.41) is 9.42. The van der Waals surface area contributed by atoms with Crippen molar-refractivity contribution in [3.63, 3.8) is 0 Å². The molecule has 1 heterocycles. The lowest BCUT2D eigenvalue weighted by atomic mass is 10.0. The molecule has 1 unspecified atom stereocenters. The molecule has 1 N–H and O–H groups in total. The van der Waals surface area contributed by atoms with Crippen molar-refractivity contribution in [2.24, 2.45) is 0 Å². The molecule has 4 nitrogen and oxygen atoms in total. The SMILES string of the molecule is Cc1ccc(-c2nc(SC(C)C(=O)O)oc2-c2ccc(Cl)cc2)cc1. The summed E-state index contributed by atoms with van der Waals surface area (Å²) < 4.78 is 5.89. The maximum atomic E-state index is 11.1. The molecule has 0 radical (unpaired) electrons. The van der Waals surface area contributed by atoms with E-state index in [-0.39, 0.29) is 0 Å². The Bertz CT molecular complexity index is 825. The van der Waals surface area contributed by atoms with Crippen molar-refractivity contribution in [3.05, 3.63) is 59.1 Å². The topological polar surface area (TPSA) is 63.3 Å². The number of aliphatic carboxylic acids is 1. The van der Waals surface area contributed by atoms with Crippen LogP contribution < -0.4 is 0 Å². The van der Waals surface area contributed by atoms with Gasteiger partial charge in [-0.3, -0.25) is 4.79 Å². The number of benzene rings is 2. The quantitative estimate of drug-likeness (QED) is 0.595. The first-order chi connectivity index (χ1) is 11.9. The van der Waals surface area contributed by atoms with Crippen LogP contribution in [-0.2, 0) is 4.79 Å². The van der Waals surface area contributed by atoms with Gasteiger partial charge in [0, 0.05) is 16.1 Å². The Morgan fingerprint density at radius 3 is 2.32 bits per heavy atom. The number of hydrogen-bond acceptors (Lipinski definition) is 4. The molecule has 0 aliphatic heterocycles. The Hall–Kier alpha value is -2.24. The Balaban J connectivity index is 2.07. The van der Waals surface area contributed by atoms with Gasteiger partial charge in [0.2, 0.25) is 0 Å². The molecule has 128 valence electrons. The second-order valence-corrected chi connectivity index (χ2v) is 7.36. The van der Waals surface area contributed by atoms with Crippen LogP contribution in [0.5, 0.6) is 0 Å². The molecule has 0 bridgehead atoms. The molecule has 0 aliphatic rings. The highest BCUT2D eigenvalue weighted by Crippen LogP contribution is 2.37. The van der Waals surface area contributed by atoms with Crippen LogP contribution in [0.4, 0.5) is 0 Å². The van der Waals surface area contributed by atoms with Gasteiger partial charge in [-0.1, -0.05) is 53.2 Å². The predicted octanol–water partition coefficient (Wildman–Crippen LogP) is 5.54. The van der Waals surface area contributed by atoms with E-state index in [4.69, 9.17) is 21.1 Å². The van der Waals surface area contributed by atoms with Gasteiger partial charge in [-0.05, 0) is 38.1 Å². The summed E-state index contributed by atoms with van der Waals surface area (Å²) in [5.41, 5.74) is 3.58. The molecule has 0 aliphatic carbocycles. The number of oxazole rings is 1. The molecule has 2 aromatic carbocycles. The summed E-state index contributed by atoms with van der Waals surface area (Å²) in [5.74, 6) is -0.311. The number of hydrogen-bond donors (Lipinski definition) is 1. The van der Waals surface area contributed by atoms with Gasteiger partial charge in [-0.25, -0.2) is 4.98 Å².